The molecule has 1 atom stereocenters. The molecule has 0 aliphatic carbocycles. The maximum atomic E-state index is 14.4. The summed E-state index contributed by atoms with van der Waals surface area (Å²) in [5.74, 6) is 0.164. The lowest BCUT2D eigenvalue weighted by atomic mass is 10.0. The van der Waals surface area contributed by atoms with Gasteiger partial charge in [-0.2, -0.15) is 0 Å². The van der Waals surface area contributed by atoms with Crippen LogP contribution in [0.1, 0.15) is 109 Å². The zero-order chi connectivity index (χ0) is 24.4. The molecule has 0 N–H and O–H groups in total. The largest absolute Gasteiger partial charge is 0.490 e. The van der Waals surface area contributed by atoms with Crippen molar-refractivity contribution in [1.82, 2.24) is 9.97 Å². The van der Waals surface area contributed by atoms with Crippen molar-refractivity contribution in [3.8, 4) is 17.1 Å². The summed E-state index contributed by atoms with van der Waals surface area (Å²) in [6.45, 7) is 4.37. The summed E-state index contributed by atoms with van der Waals surface area (Å²) in [6, 6.07) is 4.70. The van der Waals surface area contributed by atoms with Crippen LogP contribution in [0.5, 0.6) is 5.75 Å². The van der Waals surface area contributed by atoms with Crippen LogP contribution in [-0.4, -0.2) is 22.7 Å². The molecular formula is C29H44F2N2O. The third kappa shape index (κ3) is 11.4. The second-order valence-corrected chi connectivity index (χ2v) is 9.37. The fourth-order valence-corrected chi connectivity index (χ4v) is 4.14. The molecule has 1 aromatic carbocycles. The first-order valence-corrected chi connectivity index (χ1v) is 13.5. The zero-order valence-corrected chi connectivity index (χ0v) is 21.3. The van der Waals surface area contributed by atoms with Crippen molar-refractivity contribution in [2.75, 3.05) is 6.61 Å². The third-order valence-corrected chi connectivity index (χ3v) is 6.25. The van der Waals surface area contributed by atoms with E-state index in [9.17, 15) is 8.78 Å². The smallest absolute Gasteiger partial charge is 0.165 e. The molecule has 5 heteroatoms. The predicted molar refractivity (Wildman–Crippen MR) is 138 cm³/mol. The van der Waals surface area contributed by atoms with Gasteiger partial charge in [0.25, 0.3) is 0 Å². The van der Waals surface area contributed by atoms with Crippen LogP contribution in [0.4, 0.5) is 8.78 Å². The van der Waals surface area contributed by atoms with Crippen molar-refractivity contribution in [2.24, 2.45) is 0 Å². The Balaban J connectivity index is 1.65. The van der Waals surface area contributed by atoms with Crippen molar-refractivity contribution in [3.05, 3.63) is 42.0 Å². The molecule has 1 heterocycles. The van der Waals surface area contributed by atoms with E-state index in [1.165, 1.54) is 70.3 Å². The Morgan fingerprint density at radius 1 is 0.794 bits per heavy atom. The van der Waals surface area contributed by atoms with Gasteiger partial charge >= 0.3 is 0 Å². The van der Waals surface area contributed by atoms with Crippen molar-refractivity contribution in [3.63, 3.8) is 0 Å². The van der Waals surface area contributed by atoms with Crippen LogP contribution in [0, 0.1) is 5.82 Å². The lowest BCUT2D eigenvalue weighted by Gasteiger charge is -2.10. The number of ether oxygens (including phenoxy) is 1. The molecule has 0 spiro atoms. The van der Waals surface area contributed by atoms with E-state index in [-0.39, 0.29) is 18.8 Å². The van der Waals surface area contributed by atoms with E-state index in [1.807, 2.05) is 19.3 Å². The quantitative estimate of drug-likeness (QED) is 0.190. The Hall–Kier alpha value is -2.04. The number of aryl methyl sites for hydroxylation is 1. The topological polar surface area (TPSA) is 35.0 Å². The van der Waals surface area contributed by atoms with Crippen LogP contribution in [0.15, 0.2) is 30.6 Å². The van der Waals surface area contributed by atoms with Gasteiger partial charge in [-0.1, -0.05) is 84.5 Å². The molecule has 0 saturated heterocycles. The molecule has 1 aromatic heterocycles. The highest BCUT2D eigenvalue weighted by Gasteiger charge is 2.10. The van der Waals surface area contributed by atoms with Crippen LogP contribution >= 0.6 is 0 Å². The van der Waals surface area contributed by atoms with E-state index >= 15 is 0 Å². The maximum absolute atomic E-state index is 14.4. The molecule has 2 rings (SSSR count). The van der Waals surface area contributed by atoms with Gasteiger partial charge in [-0.15, -0.1) is 0 Å². The van der Waals surface area contributed by atoms with E-state index in [0.717, 1.165) is 24.8 Å². The van der Waals surface area contributed by atoms with Crippen LogP contribution in [0.25, 0.3) is 11.4 Å². The van der Waals surface area contributed by atoms with Crippen LogP contribution in [0.3, 0.4) is 0 Å². The van der Waals surface area contributed by atoms with Crippen molar-refractivity contribution in [1.29, 1.82) is 0 Å². The normalized spacial score (nSPS) is 12.1. The van der Waals surface area contributed by atoms with Gasteiger partial charge in [0.05, 0.1) is 6.61 Å². The second-order valence-electron chi connectivity index (χ2n) is 9.37. The van der Waals surface area contributed by atoms with Crippen molar-refractivity contribution in [2.45, 2.75) is 116 Å². The molecule has 0 bridgehead atoms. The number of alkyl halides is 1. The van der Waals surface area contributed by atoms with Gasteiger partial charge < -0.3 is 4.74 Å². The van der Waals surface area contributed by atoms with Gasteiger partial charge in [-0.25, -0.2) is 18.7 Å². The summed E-state index contributed by atoms with van der Waals surface area (Å²) < 4.78 is 33.4. The second kappa shape index (κ2) is 17.4. The van der Waals surface area contributed by atoms with E-state index in [4.69, 9.17) is 4.74 Å². The van der Waals surface area contributed by atoms with Crippen LogP contribution < -0.4 is 4.74 Å². The SMILES string of the molecule is CCCCCCCCCCCCCc1cnc(-c2ccc(OCCC(F)CCC)c(F)c2)nc1. The third-order valence-electron chi connectivity index (χ3n) is 6.25. The monoisotopic (exact) mass is 474 g/mol. The number of benzene rings is 1. The molecule has 0 fully saturated rings. The summed E-state index contributed by atoms with van der Waals surface area (Å²) in [7, 11) is 0. The molecule has 0 radical (unpaired) electrons. The van der Waals surface area contributed by atoms with Crippen LogP contribution in [0.2, 0.25) is 0 Å². The minimum atomic E-state index is -0.899. The van der Waals surface area contributed by atoms with Gasteiger partial charge in [-0.3, -0.25) is 0 Å². The molecule has 3 nitrogen and oxygen atoms in total. The van der Waals surface area contributed by atoms with Gasteiger partial charge in [-0.05, 0) is 43.0 Å². The Kier molecular flexibility index (Phi) is 14.4. The average Bonchev–Trinajstić information content (AvgIpc) is 2.84. The molecule has 0 saturated carbocycles. The first kappa shape index (κ1) is 28.2. The summed E-state index contributed by atoms with van der Waals surface area (Å²) in [5, 5.41) is 0. The molecule has 2 aromatic rings. The number of rotatable bonds is 19. The maximum Gasteiger partial charge on any atom is 0.165 e. The number of hydrogen-bond acceptors (Lipinski definition) is 3. The van der Waals surface area contributed by atoms with E-state index < -0.39 is 12.0 Å². The molecule has 34 heavy (non-hydrogen) atoms. The highest BCUT2D eigenvalue weighted by Crippen LogP contribution is 2.24. The van der Waals surface area contributed by atoms with Gasteiger partial charge in [0, 0.05) is 24.4 Å². The minimum absolute atomic E-state index is 0.139. The van der Waals surface area contributed by atoms with E-state index in [0.29, 0.717) is 17.8 Å². The van der Waals surface area contributed by atoms with Gasteiger partial charge in [0.15, 0.2) is 17.4 Å². The van der Waals surface area contributed by atoms with E-state index in [2.05, 4.69) is 16.9 Å². The number of aromatic nitrogens is 2. The Morgan fingerprint density at radius 3 is 2.00 bits per heavy atom. The minimum Gasteiger partial charge on any atom is -0.490 e. The fourth-order valence-electron chi connectivity index (χ4n) is 4.14. The zero-order valence-electron chi connectivity index (χ0n) is 21.3. The molecule has 0 aliphatic heterocycles. The van der Waals surface area contributed by atoms with E-state index in [1.54, 1.807) is 12.1 Å². The number of halogens is 2. The lowest BCUT2D eigenvalue weighted by molar-refractivity contribution is 0.220. The summed E-state index contributed by atoms with van der Waals surface area (Å²) in [5.41, 5.74) is 1.73. The Morgan fingerprint density at radius 2 is 1.41 bits per heavy atom. The highest BCUT2D eigenvalue weighted by molar-refractivity contribution is 5.56. The first-order chi connectivity index (χ1) is 16.6. The fraction of sp³-hybridized carbons (Fsp3) is 0.655. The highest BCUT2D eigenvalue weighted by atomic mass is 19.1. The standard InChI is InChI=1S/C29H44F2N2O/c1-3-5-6-7-8-9-10-11-12-13-14-16-24-22-32-29(33-23-24)25-17-18-28(27(31)21-25)34-20-19-26(30)15-4-2/h17-18,21-23,26H,3-16,19-20H2,1-2H3. The number of nitrogens with zero attached hydrogens (tertiary/aromatic N) is 2. The predicted octanol–water partition coefficient (Wildman–Crippen LogP) is 9.04. The molecule has 190 valence electrons. The summed E-state index contributed by atoms with van der Waals surface area (Å²) in [4.78, 5) is 8.85. The molecule has 1 unspecified atom stereocenters. The average molecular weight is 475 g/mol. The molecule has 0 aliphatic rings. The number of unbranched alkanes of at least 4 members (excludes halogenated alkanes) is 10. The summed E-state index contributed by atoms with van der Waals surface area (Å²) >= 11 is 0. The molecule has 0 amide bonds. The molecular weight excluding hydrogens is 430 g/mol. The van der Waals surface area contributed by atoms with Crippen molar-refractivity contribution < 1.29 is 13.5 Å². The van der Waals surface area contributed by atoms with Crippen molar-refractivity contribution >= 4 is 0 Å². The van der Waals surface area contributed by atoms with Crippen LogP contribution in [-0.2, 0) is 6.42 Å². The number of hydrogen-bond donors (Lipinski definition) is 0. The Labute approximate surface area is 205 Å². The van der Waals surface area contributed by atoms with Gasteiger partial charge in [0.2, 0.25) is 0 Å². The first-order valence-electron chi connectivity index (χ1n) is 13.5. The lowest BCUT2D eigenvalue weighted by Crippen LogP contribution is -2.08. The van der Waals surface area contributed by atoms with Gasteiger partial charge in [0.1, 0.15) is 6.17 Å². The summed E-state index contributed by atoms with van der Waals surface area (Å²) in [6.07, 6.45) is 20.0. The Bertz CT molecular complexity index is 782.